The van der Waals surface area contributed by atoms with Crippen LogP contribution in [-0.2, 0) is 4.79 Å². The van der Waals surface area contributed by atoms with E-state index in [2.05, 4.69) is 17.2 Å². The second-order valence-corrected chi connectivity index (χ2v) is 6.79. The molecular formula is C19H27N3O2. The third kappa shape index (κ3) is 4.16. The average Bonchev–Trinajstić information content (AvgIpc) is 2.52. The molecule has 0 aliphatic rings. The Balaban J connectivity index is 2.14. The van der Waals surface area contributed by atoms with Gasteiger partial charge in [0.1, 0.15) is 12.4 Å². The Morgan fingerprint density at radius 3 is 2.83 bits per heavy atom. The number of rotatable bonds is 7. The van der Waals surface area contributed by atoms with Gasteiger partial charge in [-0.2, -0.15) is 0 Å². The predicted octanol–water partition coefficient (Wildman–Crippen LogP) is 3.45. The van der Waals surface area contributed by atoms with Crippen LogP contribution in [0.15, 0.2) is 24.3 Å². The fourth-order valence-corrected chi connectivity index (χ4v) is 2.48. The van der Waals surface area contributed by atoms with Crippen LogP contribution in [0, 0.1) is 12.3 Å². The van der Waals surface area contributed by atoms with E-state index in [1.807, 2.05) is 45.0 Å². The number of nitrogens with zero attached hydrogens (tertiary/aromatic N) is 1. The number of unbranched alkanes of at least 4 members (excludes halogenated alkanes) is 1. The maximum Gasteiger partial charge on any atom is 0.229 e. The molecule has 1 amide bonds. The standard InChI is InChI=1S/C19H27N3O2/c1-5-6-10-21-18(23)19(3,4)12-24-16-9-7-8-15-17(16)14(20)11-13(2)22-15/h7-9,11H,5-6,10,12H2,1-4H3,(H2,20,22)(H,21,23). The molecule has 1 heterocycles. The van der Waals surface area contributed by atoms with Crippen molar-refractivity contribution in [3.8, 4) is 5.75 Å². The minimum atomic E-state index is -0.622. The van der Waals surface area contributed by atoms with Crippen molar-refractivity contribution in [3.05, 3.63) is 30.0 Å². The van der Waals surface area contributed by atoms with Gasteiger partial charge in [0.25, 0.3) is 0 Å². The monoisotopic (exact) mass is 329 g/mol. The Labute approximate surface area is 143 Å². The van der Waals surface area contributed by atoms with E-state index in [9.17, 15) is 4.79 Å². The molecule has 0 fully saturated rings. The lowest BCUT2D eigenvalue weighted by molar-refractivity contribution is -0.130. The zero-order valence-corrected chi connectivity index (χ0v) is 15.0. The number of benzene rings is 1. The summed E-state index contributed by atoms with van der Waals surface area (Å²) in [7, 11) is 0. The third-order valence-electron chi connectivity index (χ3n) is 3.97. The molecule has 0 radical (unpaired) electrons. The van der Waals surface area contributed by atoms with Gasteiger partial charge in [-0.05, 0) is 45.4 Å². The maximum absolute atomic E-state index is 12.3. The molecular weight excluding hydrogens is 302 g/mol. The summed E-state index contributed by atoms with van der Waals surface area (Å²) in [5, 5.41) is 3.76. The zero-order chi connectivity index (χ0) is 17.7. The predicted molar refractivity (Wildman–Crippen MR) is 98.1 cm³/mol. The van der Waals surface area contributed by atoms with Crippen molar-refractivity contribution < 1.29 is 9.53 Å². The Hall–Kier alpha value is -2.30. The number of hydrogen-bond donors (Lipinski definition) is 2. The SMILES string of the molecule is CCCCNC(=O)C(C)(C)COc1cccc2nc(C)cc(N)c12. The molecule has 1 aromatic heterocycles. The molecule has 0 spiro atoms. The van der Waals surface area contributed by atoms with Gasteiger partial charge in [-0.3, -0.25) is 9.78 Å². The summed E-state index contributed by atoms with van der Waals surface area (Å²) < 4.78 is 5.95. The van der Waals surface area contributed by atoms with Crippen molar-refractivity contribution >= 4 is 22.5 Å². The number of pyridine rings is 1. The highest BCUT2D eigenvalue weighted by Gasteiger charge is 2.28. The van der Waals surface area contributed by atoms with E-state index in [0.29, 0.717) is 18.0 Å². The zero-order valence-electron chi connectivity index (χ0n) is 15.0. The maximum atomic E-state index is 12.3. The summed E-state index contributed by atoms with van der Waals surface area (Å²) in [5.74, 6) is 0.657. The Bertz CT molecular complexity index is 726. The number of amides is 1. The van der Waals surface area contributed by atoms with Crippen LogP contribution in [0.5, 0.6) is 5.75 Å². The molecule has 0 atom stereocenters. The lowest BCUT2D eigenvalue weighted by Gasteiger charge is -2.24. The largest absolute Gasteiger partial charge is 0.492 e. The number of aromatic nitrogens is 1. The molecule has 130 valence electrons. The van der Waals surface area contributed by atoms with Gasteiger partial charge >= 0.3 is 0 Å². The first-order valence-corrected chi connectivity index (χ1v) is 8.42. The molecule has 0 aliphatic carbocycles. The van der Waals surface area contributed by atoms with Crippen molar-refractivity contribution in [3.63, 3.8) is 0 Å². The summed E-state index contributed by atoms with van der Waals surface area (Å²) in [4.78, 5) is 16.8. The van der Waals surface area contributed by atoms with E-state index in [1.165, 1.54) is 0 Å². The normalized spacial score (nSPS) is 11.5. The third-order valence-corrected chi connectivity index (χ3v) is 3.97. The highest BCUT2D eigenvalue weighted by atomic mass is 16.5. The van der Waals surface area contributed by atoms with Gasteiger partial charge in [0.05, 0.1) is 16.3 Å². The van der Waals surface area contributed by atoms with Crippen LogP contribution in [0.25, 0.3) is 10.9 Å². The lowest BCUT2D eigenvalue weighted by atomic mass is 9.93. The first kappa shape index (κ1) is 18.0. The van der Waals surface area contributed by atoms with E-state index < -0.39 is 5.41 Å². The van der Waals surface area contributed by atoms with Gasteiger partial charge in [-0.15, -0.1) is 0 Å². The number of hydrogen-bond acceptors (Lipinski definition) is 4. The van der Waals surface area contributed by atoms with Crippen molar-refractivity contribution in [2.24, 2.45) is 5.41 Å². The van der Waals surface area contributed by atoms with Crippen LogP contribution in [0.4, 0.5) is 5.69 Å². The molecule has 5 nitrogen and oxygen atoms in total. The highest BCUT2D eigenvalue weighted by molar-refractivity contribution is 5.95. The molecule has 2 rings (SSSR count). The number of aryl methyl sites for hydroxylation is 1. The molecule has 5 heteroatoms. The molecule has 0 aliphatic heterocycles. The number of nitrogens with two attached hydrogens (primary N) is 1. The highest BCUT2D eigenvalue weighted by Crippen LogP contribution is 2.31. The van der Waals surface area contributed by atoms with E-state index in [0.717, 1.165) is 29.4 Å². The van der Waals surface area contributed by atoms with Crippen LogP contribution in [0.2, 0.25) is 0 Å². The number of fused-ring (bicyclic) bond motifs is 1. The van der Waals surface area contributed by atoms with Crippen molar-refractivity contribution in [1.82, 2.24) is 10.3 Å². The van der Waals surface area contributed by atoms with Crippen LogP contribution >= 0.6 is 0 Å². The average molecular weight is 329 g/mol. The van der Waals surface area contributed by atoms with E-state index >= 15 is 0 Å². The summed E-state index contributed by atoms with van der Waals surface area (Å²) in [6, 6.07) is 7.49. The number of carbonyl (C=O) groups is 1. The van der Waals surface area contributed by atoms with Gasteiger partial charge in [-0.25, -0.2) is 0 Å². The molecule has 3 N–H and O–H groups in total. The van der Waals surface area contributed by atoms with Crippen LogP contribution < -0.4 is 15.8 Å². The van der Waals surface area contributed by atoms with Gasteiger partial charge in [0, 0.05) is 17.9 Å². The summed E-state index contributed by atoms with van der Waals surface area (Å²) in [5.41, 5.74) is 7.82. The number of ether oxygens (including phenoxy) is 1. The first-order valence-electron chi connectivity index (χ1n) is 8.42. The first-order chi connectivity index (χ1) is 11.3. The summed E-state index contributed by atoms with van der Waals surface area (Å²) in [6.07, 6.45) is 2.03. The van der Waals surface area contributed by atoms with E-state index in [-0.39, 0.29) is 12.5 Å². The Morgan fingerprint density at radius 1 is 1.38 bits per heavy atom. The van der Waals surface area contributed by atoms with Crippen molar-refractivity contribution in [2.75, 3.05) is 18.9 Å². The fourth-order valence-electron chi connectivity index (χ4n) is 2.48. The summed E-state index contributed by atoms with van der Waals surface area (Å²) >= 11 is 0. The van der Waals surface area contributed by atoms with Gasteiger partial charge in [0.2, 0.25) is 5.91 Å². The number of nitrogens with one attached hydrogen (secondary N) is 1. The number of nitrogen functional groups attached to an aromatic ring is 1. The molecule has 1 aromatic carbocycles. The van der Waals surface area contributed by atoms with Gasteiger partial charge in [0.15, 0.2) is 0 Å². The molecule has 0 unspecified atom stereocenters. The second-order valence-electron chi connectivity index (χ2n) is 6.79. The molecule has 24 heavy (non-hydrogen) atoms. The van der Waals surface area contributed by atoms with Crippen LogP contribution in [-0.4, -0.2) is 24.0 Å². The topological polar surface area (TPSA) is 77.2 Å². The van der Waals surface area contributed by atoms with Crippen molar-refractivity contribution in [1.29, 1.82) is 0 Å². The molecule has 0 saturated carbocycles. The number of anilines is 1. The summed E-state index contributed by atoms with van der Waals surface area (Å²) in [6.45, 7) is 8.74. The van der Waals surface area contributed by atoms with E-state index in [4.69, 9.17) is 10.5 Å². The van der Waals surface area contributed by atoms with Gasteiger partial charge in [-0.1, -0.05) is 19.4 Å². The fraction of sp³-hybridized carbons (Fsp3) is 0.474. The molecule has 0 bridgehead atoms. The Morgan fingerprint density at radius 2 is 2.12 bits per heavy atom. The van der Waals surface area contributed by atoms with Crippen LogP contribution in [0.1, 0.15) is 39.3 Å². The minimum Gasteiger partial charge on any atom is -0.492 e. The van der Waals surface area contributed by atoms with E-state index in [1.54, 1.807) is 0 Å². The minimum absolute atomic E-state index is 0.00173. The Kier molecular flexibility index (Phi) is 5.65. The quantitative estimate of drug-likeness (QED) is 0.763. The second kappa shape index (κ2) is 7.51. The van der Waals surface area contributed by atoms with Crippen LogP contribution in [0.3, 0.4) is 0 Å². The van der Waals surface area contributed by atoms with Crippen molar-refractivity contribution in [2.45, 2.75) is 40.5 Å². The molecule has 2 aromatic rings. The smallest absolute Gasteiger partial charge is 0.229 e. The number of carbonyl (C=O) groups excluding carboxylic acids is 1. The van der Waals surface area contributed by atoms with Gasteiger partial charge < -0.3 is 15.8 Å². The lowest BCUT2D eigenvalue weighted by Crippen LogP contribution is -2.41. The molecule has 0 saturated heterocycles.